The van der Waals surface area contributed by atoms with Crippen LogP contribution in [0.2, 0.25) is 0 Å². The summed E-state index contributed by atoms with van der Waals surface area (Å²) in [6.07, 6.45) is 4.57. The summed E-state index contributed by atoms with van der Waals surface area (Å²) < 4.78 is 2.09. The first-order valence-corrected chi connectivity index (χ1v) is 10.8. The maximum atomic E-state index is 12.9. The fourth-order valence-corrected chi connectivity index (χ4v) is 4.64. The lowest BCUT2D eigenvalue weighted by molar-refractivity contribution is -0.116. The number of carbonyl (C=O) groups excluding carboxylic acids is 1. The van der Waals surface area contributed by atoms with Gasteiger partial charge in [0.15, 0.2) is 5.78 Å². The fraction of sp³-hybridized carbons (Fsp3) is 0.455. The average molecular weight is 382 g/mol. The van der Waals surface area contributed by atoms with Crippen LogP contribution >= 0.6 is 11.8 Å². The quantitative estimate of drug-likeness (QED) is 0.723. The second-order valence-corrected chi connectivity index (χ2v) is 9.31. The van der Waals surface area contributed by atoms with Gasteiger partial charge in [-0.1, -0.05) is 12.1 Å². The Kier molecular flexibility index (Phi) is 4.46. The normalized spacial score (nSPS) is 19.6. The zero-order valence-electron chi connectivity index (χ0n) is 16.7. The third kappa shape index (κ3) is 3.02. The van der Waals surface area contributed by atoms with Crippen LogP contribution in [-0.2, 0) is 10.3 Å². The Morgan fingerprint density at radius 3 is 2.52 bits per heavy atom. The first-order chi connectivity index (χ1) is 12.8. The molecule has 1 aromatic carbocycles. The number of allylic oxidation sites excluding steroid dienone is 2. The number of aromatic nitrogens is 2. The molecule has 2 heterocycles. The molecule has 4 rings (SSSR count). The summed E-state index contributed by atoms with van der Waals surface area (Å²) in [5.41, 5.74) is 5.22. The Bertz CT molecular complexity index is 932. The van der Waals surface area contributed by atoms with E-state index in [2.05, 4.69) is 68.2 Å². The monoisotopic (exact) mass is 381 g/mol. The number of anilines is 1. The van der Waals surface area contributed by atoms with Crippen molar-refractivity contribution < 1.29 is 4.79 Å². The molecular weight excluding hydrogens is 354 g/mol. The van der Waals surface area contributed by atoms with E-state index in [0.29, 0.717) is 6.42 Å². The number of hydrogen-bond donors (Lipinski definition) is 1. The molecule has 2 aliphatic rings. The molecule has 0 bridgehead atoms. The summed E-state index contributed by atoms with van der Waals surface area (Å²) in [5, 5.41) is 8.47. The van der Waals surface area contributed by atoms with Gasteiger partial charge in [-0.25, -0.2) is 4.68 Å². The predicted molar refractivity (Wildman–Crippen MR) is 112 cm³/mol. The highest BCUT2D eigenvalue weighted by Gasteiger charge is 2.39. The van der Waals surface area contributed by atoms with E-state index >= 15 is 0 Å². The number of rotatable bonds is 2. The number of aryl methyl sites for hydroxylation is 1. The second-order valence-electron chi connectivity index (χ2n) is 8.43. The molecule has 2 aromatic rings. The SMILES string of the molecule is CSc1ccc([C@@H]2C3=C(CCCC3=O)Nc3c2c(C)nn3C(C)(C)C)cc1. The molecule has 0 radical (unpaired) electrons. The van der Waals surface area contributed by atoms with Crippen molar-refractivity contribution in [3.8, 4) is 0 Å². The molecule has 0 spiro atoms. The van der Waals surface area contributed by atoms with Crippen molar-refractivity contribution in [3.05, 3.63) is 52.4 Å². The highest BCUT2D eigenvalue weighted by molar-refractivity contribution is 7.98. The molecule has 1 N–H and O–H groups in total. The van der Waals surface area contributed by atoms with Crippen LogP contribution in [0, 0.1) is 6.92 Å². The van der Waals surface area contributed by atoms with Crippen LogP contribution < -0.4 is 5.32 Å². The Morgan fingerprint density at radius 1 is 1.19 bits per heavy atom. The van der Waals surface area contributed by atoms with Crippen molar-refractivity contribution in [1.82, 2.24) is 9.78 Å². The van der Waals surface area contributed by atoms with Gasteiger partial charge in [0.1, 0.15) is 5.82 Å². The molecule has 142 valence electrons. The molecule has 27 heavy (non-hydrogen) atoms. The zero-order chi connectivity index (χ0) is 19.3. The number of nitrogens with one attached hydrogen (secondary N) is 1. The number of carbonyl (C=O) groups is 1. The molecule has 0 fully saturated rings. The van der Waals surface area contributed by atoms with E-state index < -0.39 is 0 Å². The number of ketones is 1. The van der Waals surface area contributed by atoms with E-state index in [1.807, 2.05) is 0 Å². The van der Waals surface area contributed by atoms with Crippen LogP contribution in [0.3, 0.4) is 0 Å². The molecule has 1 atom stereocenters. The molecule has 0 saturated heterocycles. The number of benzene rings is 1. The van der Waals surface area contributed by atoms with Crippen LogP contribution in [0.1, 0.15) is 62.8 Å². The van der Waals surface area contributed by atoms with Crippen LogP contribution in [0.15, 0.2) is 40.4 Å². The average Bonchev–Trinajstić information content (AvgIpc) is 2.97. The van der Waals surface area contributed by atoms with Crippen molar-refractivity contribution in [2.45, 2.75) is 63.3 Å². The summed E-state index contributed by atoms with van der Waals surface area (Å²) in [6.45, 7) is 8.56. The lowest BCUT2D eigenvalue weighted by Gasteiger charge is -2.34. The topological polar surface area (TPSA) is 46.9 Å². The molecule has 0 saturated carbocycles. The van der Waals surface area contributed by atoms with E-state index in [4.69, 9.17) is 5.10 Å². The van der Waals surface area contributed by atoms with Crippen molar-refractivity contribution >= 4 is 23.4 Å². The van der Waals surface area contributed by atoms with Gasteiger partial charge < -0.3 is 5.32 Å². The maximum Gasteiger partial charge on any atom is 0.161 e. The molecule has 1 aromatic heterocycles. The van der Waals surface area contributed by atoms with E-state index in [1.165, 1.54) is 10.5 Å². The minimum absolute atomic E-state index is 0.0314. The van der Waals surface area contributed by atoms with Crippen molar-refractivity contribution in [3.63, 3.8) is 0 Å². The highest BCUT2D eigenvalue weighted by atomic mass is 32.2. The molecule has 0 unspecified atom stereocenters. The lowest BCUT2D eigenvalue weighted by Crippen LogP contribution is -2.30. The summed E-state index contributed by atoms with van der Waals surface area (Å²) in [4.78, 5) is 14.2. The van der Waals surface area contributed by atoms with Gasteiger partial charge in [-0.05, 0) is 64.5 Å². The van der Waals surface area contributed by atoms with Gasteiger partial charge in [-0.3, -0.25) is 4.79 Å². The van der Waals surface area contributed by atoms with Crippen LogP contribution in [0.4, 0.5) is 5.82 Å². The molecule has 1 aliphatic carbocycles. The van der Waals surface area contributed by atoms with Crippen molar-refractivity contribution in [2.75, 3.05) is 11.6 Å². The molecule has 0 amide bonds. The summed E-state index contributed by atoms with van der Waals surface area (Å²) in [5.74, 6) is 1.29. The second kappa shape index (κ2) is 6.55. The van der Waals surface area contributed by atoms with Gasteiger partial charge in [-0.2, -0.15) is 5.10 Å². The van der Waals surface area contributed by atoms with E-state index in [0.717, 1.165) is 41.2 Å². The Morgan fingerprint density at radius 2 is 1.89 bits per heavy atom. The molecule has 4 nitrogen and oxygen atoms in total. The molecular formula is C22H27N3OS. The van der Waals surface area contributed by atoms with Gasteiger partial charge in [0.25, 0.3) is 0 Å². The van der Waals surface area contributed by atoms with Crippen LogP contribution in [-0.4, -0.2) is 21.8 Å². The van der Waals surface area contributed by atoms with Crippen LogP contribution in [0.25, 0.3) is 0 Å². The largest absolute Gasteiger partial charge is 0.343 e. The maximum absolute atomic E-state index is 12.9. The van der Waals surface area contributed by atoms with Crippen LogP contribution in [0.5, 0.6) is 0 Å². The van der Waals surface area contributed by atoms with E-state index in [-0.39, 0.29) is 17.2 Å². The third-order valence-corrected chi connectivity index (χ3v) is 6.24. The molecule has 1 aliphatic heterocycles. The first-order valence-electron chi connectivity index (χ1n) is 9.58. The smallest absolute Gasteiger partial charge is 0.161 e. The molecule has 5 heteroatoms. The number of nitrogens with zero attached hydrogens (tertiary/aromatic N) is 2. The summed E-state index contributed by atoms with van der Waals surface area (Å²) in [7, 11) is 0. The number of fused-ring (bicyclic) bond motifs is 1. The van der Waals surface area contributed by atoms with Gasteiger partial charge in [-0.15, -0.1) is 11.8 Å². The Balaban J connectivity index is 1.95. The summed E-state index contributed by atoms with van der Waals surface area (Å²) in [6, 6.07) is 8.65. The minimum Gasteiger partial charge on any atom is -0.343 e. The number of thioether (sulfide) groups is 1. The van der Waals surface area contributed by atoms with E-state index in [1.54, 1.807) is 11.8 Å². The minimum atomic E-state index is -0.130. The predicted octanol–water partition coefficient (Wildman–Crippen LogP) is 5.23. The van der Waals surface area contributed by atoms with Crippen molar-refractivity contribution in [2.24, 2.45) is 0 Å². The van der Waals surface area contributed by atoms with Gasteiger partial charge in [0.05, 0.1) is 11.2 Å². The number of Topliss-reactive ketones (excluding diaryl/α,β-unsaturated/α-hetero) is 1. The van der Waals surface area contributed by atoms with E-state index in [9.17, 15) is 4.79 Å². The van der Waals surface area contributed by atoms with Gasteiger partial charge >= 0.3 is 0 Å². The standard InChI is InChI=1S/C22H27N3OS/c1-13-18-19(14-9-11-15(27-5)12-10-14)20-16(7-6-8-17(20)26)23-21(18)25(24-13)22(2,3)4/h9-12,19,23H,6-8H2,1-5H3/t19-/m0/s1. The third-order valence-electron chi connectivity index (χ3n) is 5.49. The lowest BCUT2D eigenvalue weighted by atomic mass is 9.76. The number of hydrogen-bond acceptors (Lipinski definition) is 4. The Labute approximate surface area is 165 Å². The van der Waals surface area contributed by atoms with Gasteiger partial charge in [0, 0.05) is 34.1 Å². The Hall–Kier alpha value is -2.01. The zero-order valence-corrected chi connectivity index (χ0v) is 17.5. The van der Waals surface area contributed by atoms with Crippen molar-refractivity contribution in [1.29, 1.82) is 0 Å². The first kappa shape index (κ1) is 18.4. The summed E-state index contributed by atoms with van der Waals surface area (Å²) >= 11 is 1.74. The van der Waals surface area contributed by atoms with Gasteiger partial charge in [0.2, 0.25) is 0 Å². The highest BCUT2D eigenvalue weighted by Crippen LogP contribution is 2.47. The fourth-order valence-electron chi connectivity index (χ4n) is 4.24.